The Morgan fingerprint density at radius 2 is 1.13 bits per heavy atom. The van der Waals surface area contributed by atoms with Crippen molar-refractivity contribution in [2.45, 2.75) is 18.8 Å². The normalized spacial score (nSPS) is 20.9. The standard InChI is InChI=1S/C18H15IO12/c19-8-3-1-7(2-4-8)9-5-6-16(10(20)21,11(22)23)18(14(28)29,15(30)31)17(9,12(24)25)13(26)27/h1-4,9H,5-6H2,(H,20,21)(H,22,23)(H,24,25)(H,26,27)(H,28,29)(H,30,31). The number of carboxylic acids is 6. The molecule has 0 aliphatic heterocycles. The molecule has 1 aliphatic carbocycles. The van der Waals surface area contributed by atoms with Gasteiger partial charge in [-0.1, -0.05) is 12.1 Å². The van der Waals surface area contributed by atoms with Crippen LogP contribution in [-0.2, 0) is 28.8 Å². The number of halogens is 1. The fourth-order valence-corrected chi connectivity index (χ4v) is 4.96. The van der Waals surface area contributed by atoms with Crippen LogP contribution in [0.15, 0.2) is 24.3 Å². The van der Waals surface area contributed by atoms with E-state index in [0.717, 1.165) is 0 Å². The van der Waals surface area contributed by atoms with Crippen LogP contribution < -0.4 is 0 Å². The largest absolute Gasteiger partial charge is 0.480 e. The van der Waals surface area contributed by atoms with E-state index in [1.54, 1.807) is 0 Å². The van der Waals surface area contributed by atoms with Crippen LogP contribution in [0.4, 0.5) is 0 Å². The first kappa shape index (κ1) is 24.0. The Hall–Kier alpha value is -3.23. The number of benzene rings is 1. The van der Waals surface area contributed by atoms with Crippen LogP contribution in [0.3, 0.4) is 0 Å². The lowest BCUT2D eigenvalue weighted by molar-refractivity contribution is -0.227. The Morgan fingerprint density at radius 1 is 0.710 bits per heavy atom. The average Bonchev–Trinajstić information content (AvgIpc) is 2.65. The number of carboxylic acid groups (broad SMARTS) is 6. The van der Waals surface area contributed by atoms with Gasteiger partial charge >= 0.3 is 35.8 Å². The molecule has 0 amide bonds. The molecule has 6 N–H and O–H groups in total. The molecule has 12 nitrogen and oxygen atoms in total. The van der Waals surface area contributed by atoms with Crippen molar-refractivity contribution in [3.8, 4) is 0 Å². The van der Waals surface area contributed by atoms with Crippen LogP contribution in [0.2, 0.25) is 0 Å². The van der Waals surface area contributed by atoms with Crippen molar-refractivity contribution < 1.29 is 59.4 Å². The molecule has 0 heterocycles. The second-order valence-corrected chi connectivity index (χ2v) is 8.18. The molecule has 0 saturated heterocycles. The van der Waals surface area contributed by atoms with E-state index in [4.69, 9.17) is 0 Å². The van der Waals surface area contributed by atoms with Gasteiger partial charge in [-0.05, 0) is 53.1 Å². The van der Waals surface area contributed by atoms with Crippen molar-refractivity contribution in [2.24, 2.45) is 16.2 Å². The predicted molar refractivity (Wildman–Crippen MR) is 104 cm³/mol. The van der Waals surface area contributed by atoms with Gasteiger partial charge in [0.25, 0.3) is 0 Å². The van der Waals surface area contributed by atoms with Crippen LogP contribution in [0, 0.1) is 19.8 Å². The molecule has 0 bridgehead atoms. The highest BCUT2D eigenvalue weighted by atomic mass is 127. The molecular formula is C18H15IO12. The van der Waals surface area contributed by atoms with E-state index >= 15 is 0 Å². The van der Waals surface area contributed by atoms with Gasteiger partial charge in [0, 0.05) is 9.49 Å². The summed E-state index contributed by atoms with van der Waals surface area (Å²) < 4.78 is 0.626. The summed E-state index contributed by atoms with van der Waals surface area (Å²) in [5.41, 5.74) is -12.1. The smallest absolute Gasteiger partial charge is 0.324 e. The lowest BCUT2D eigenvalue weighted by Crippen LogP contribution is -2.75. The van der Waals surface area contributed by atoms with E-state index in [9.17, 15) is 59.4 Å². The molecule has 166 valence electrons. The second kappa shape index (κ2) is 7.79. The predicted octanol–water partition coefficient (Wildman–Crippen LogP) is 0.635. The number of rotatable bonds is 7. The van der Waals surface area contributed by atoms with Crippen molar-refractivity contribution in [3.05, 3.63) is 33.4 Å². The zero-order chi connectivity index (χ0) is 23.9. The van der Waals surface area contributed by atoms with E-state index in [1.165, 1.54) is 24.3 Å². The van der Waals surface area contributed by atoms with Gasteiger partial charge in [0.1, 0.15) is 0 Å². The number of hydrogen-bond acceptors (Lipinski definition) is 6. The molecule has 1 aromatic carbocycles. The van der Waals surface area contributed by atoms with Gasteiger partial charge in [0.05, 0.1) is 0 Å². The second-order valence-electron chi connectivity index (χ2n) is 6.94. The minimum absolute atomic E-state index is 0.0959. The van der Waals surface area contributed by atoms with E-state index in [-0.39, 0.29) is 5.56 Å². The molecule has 0 aromatic heterocycles. The fraction of sp³-hybridized carbons (Fsp3) is 0.333. The van der Waals surface area contributed by atoms with Gasteiger partial charge in [-0.25, -0.2) is 0 Å². The first-order valence-corrected chi connectivity index (χ1v) is 9.49. The third kappa shape index (κ3) is 2.79. The molecule has 1 atom stereocenters. The highest BCUT2D eigenvalue weighted by Crippen LogP contribution is 2.66. The van der Waals surface area contributed by atoms with Crippen LogP contribution in [0.5, 0.6) is 0 Å². The third-order valence-corrected chi connectivity index (χ3v) is 6.60. The molecule has 1 aromatic rings. The van der Waals surface area contributed by atoms with Crippen molar-refractivity contribution in [1.82, 2.24) is 0 Å². The molecule has 31 heavy (non-hydrogen) atoms. The average molecular weight is 550 g/mol. The summed E-state index contributed by atoms with van der Waals surface area (Å²) in [7, 11) is 0. The minimum Gasteiger partial charge on any atom is -0.480 e. The zero-order valence-corrected chi connectivity index (χ0v) is 17.5. The summed E-state index contributed by atoms with van der Waals surface area (Å²) in [6.07, 6.45) is -1.88. The lowest BCUT2D eigenvalue weighted by atomic mass is 9.40. The maximum absolute atomic E-state index is 12.4. The Morgan fingerprint density at radius 3 is 1.45 bits per heavy atom. The topological polar surface area (TPSA) is 224 Å². The van der Waals surface area contributed by atoms with Gasteiger partial charge < -0.3 is 30.6 Å². The first-order chi connectivity index (χ1) is 14.3. The van der Waals surface area contributed by atoms with Gasteiger partial charge in [-0.3, -0.25) is 28.8 Å². The van der Waals surface area contributed by atoms with Gasteiger partial charge in [0.15, 0.2) is 10.8 Å². The van der Waals surface area contributed by atoms with Gasteiger partial charge in [0.2, 0.25) is 5.41 Å². The SMILES string of the molecule is O=C(O)C1(C(=O)O)CCC(c2ccc(I)cc2)C(C(=O)O)(C(=O)O)C1(C(=O)O)C(=O)O. The molecule has 1 saturated carbocycles. The Balaban J connectivity index is 3.19. The monoisotopic (exact) mass is 550 g/mol. The van der Waals surface area contributed by atoms with E-state index < -0.39 is 70.8 Å². The summed E-state index contributed by atoms with van der Waals surface area (Å²) in [4.78, 5) is 73.7. The van der Waals surface area contributed by atoms with E-state index in [0.29, 0.717) is 3.57 Å². The minimum atomic E-state index is -4.30. The molecule has 1 aliphatic rings. The van der Waals surface area contributed by atoms with Crippen LogP contribution in [0.1, 0.15) is 24.3 Å². The maximum atomic E-state index is 12.4. The van der Waals surface area contributed by atoms with Crippen molar-refractivity contribution >= 4 is 58.4 Å². The van der Waals surface area contributed by atoms with Crippen molar-refractivity contribution in [1.29, 1.82) is 0 Å². The van der Waals surface area contributed by atoms with Crippen LogP contribution in [0.25, 0.3) is 0 Å². The summed E-state index contributed by atoms with van der Waals surface area (Å²) >= 11 is 1.88. The number of aliphatic carboxylic acids is 6. The maximum Gasteiger partial charge on any atom is 0.324 e. The van der Waals surface area contributed by atoms with Gasteiger partial charge in [-0.15, -0.1) is 0 Å². The lowest BCUT2D eigenvalue weighted by Gasteiger charge is -2.53. The summed E-state index contributed by atoms with van der Waals surface area (Å²) in [6.45, 7) is 0. The number of hydrogen-bond donors (Lipinski definition) is 6. The highest BCUT2D eigenvalue weighted by molar-refractivity contribution is 14.1. The molecule has 1 fully saturated rings. The third-order valence-electron chi connectivity index (χ3n) is 5.88. The number of carbonyl (C=O) groups is 6. The Labute approximate surface area is 186 Å². The van der Waals surface area contributed by atoms with Crippen LogP contribution >= 0.6 is 22.6 Å². The quantitative estimate of drug-likeness (QED) is 0.203. The highest BCUT2D eigenvalue weighted by Gasteiger charge is 2.87. The molecular weight excluding hydrogens is 535 g/mol. The molecule has 2 rings (SSSR count). The first-order valence-electron chi connectivity index (χ1n) is 8.42. The summed E-state index contributed by atoms with van der Waals surface area (Å²) in [5, 5.41) is 59.1. The van der Waals surface area contributed by atoms with E-state index in [2.05, 4.69) is 0 Å². The summed E-state index contributed by atoms with van der Waals surface area (Å²) in [5.74, 6) is -17.2. The molecule has 13 heteroatoms. The van der Waals surface area contributed by atoms with E-state index in [1.807, 2.05) is 22.6 Å². The summed E-state index contributed by atoms with van der Waals surface area (Å²) in [6, 6.07) is 5.33. The Kier molecular flexibility index (Phi) is 6.04. The van der Waals surface area contributed by atoms with Crippen LogP contribution in [-0.4, -0.2) is 66.5 Å². The van der Waals surface area contributed by atoms with Crippen molar-refractivity contribution in [2.75, 3.05) is 0 Å². The molecule has 0 spiro atoms. The Bertz CT molecular complexity index is 953. The van der Waals surface area contributed by atoms with Gasteiger partial charge in [-0.2, -0.15) is 0 Å². The fourth-order valence-electron chi connectivity index (χ4n) is 4.60. The van der Waals surface area contributed by atoms with Crippen molar-refractivity contribution in [3.63, 3.8) is 0 Å². The molecule has 0 radical (unpaired) electrons. The zero-order valence-electron chi connectivity index (χ0n) is 15.3. The molecule has 1 unspecified atom stereocenters.